The molecule has 136 valence electrons. The Balaban J connectivity index is 1.46. The summed E-state index contributed by atoms with van der Waals surface area (Å²) in [4.78, 5) is 24.0. The highest BCUT2D eigenvalue weighted by molar-refractivity contribution is 5.96. The first kappa shape index (κ1) is 18.0. The average molecular weight is 353 g/mol. The lowest BCUT2D eigenvalue weighted by molar-refractivity contribution is -0.117. The van der Waals surface area contributed by atoms with Crippen molar-refractivity contribution in [3.63, 3.8) is 0 Å². The first-order valence-corrected chi connectivity index (χ1v) is 8.95. The highest BCUT2D eigenvalue weighted by Gasteiger charge is 2.29. The molecule has 0 aliphatic heterocycles. The van der Waals surface area contributed by atoms with Gasteiger partial charge >= 0.3 is 5.97 Å². The maximum absolute atomic E-state index is 12.2. The molecule has 0 bridgehead atoms. The molecule has 0 saturated heterocycles. The number of nitrogens with one attached hydrogen (secondary N) is 1. The lowest BCUT2D eigenvalue weighted by atomic mass is 10.2. The molecule has 1 saturated carbocycles. The van der Waals surface area contributed by atoms with Gasteiger partial charge in [0.1, 0.15) is 19.0 Å². The number of aryl methyl sites for hydroxylation is 1. The third kappa shape index (κ3) is 5.09. The van der Waals surface area contributed by atoms with Crippen molar-refractivity contribution in [2.45, 2.75) is 26.2 Å². The number of esters is 1. The summed E-state index contributed by atoms with van der Waals surface area (Å²) in [6, 6.07) is 14.6. The minimum atomic E-state index is -0.432. The summed E-state index contributed by atoms with van der Waals surface area (Å²) in [6.07, 6.45) is 2.82. The van der Waals surface area contributed by atoms with Crippen molar-refractivity contribution >= 4 is 17.6 Å². The molecular formula is C21H23NO4. The predicted octanol–water partition coefficient (Wildman–Crippen LogP) is 3.83. The Bertz CT molecular complexity index is 783. The normalized spacial score (nSPS) is 13.1. The maximum atomic E-state index is 12.2. The van der Waals surface area contributed by atoms with Crippen LogP contribution in [0.5, 0.6) is 5.75 Å². The average Bonchev–Trinajstić information content (AvgIpc) is 3.51. The van der Waals surface area contributed by atoms with Gasteiger partial charge in [0, 0.05) is 11.6 Å². The quantitative estimate of drug-likeness (QED) is 0.579. The summed E-state index contributed by atoms with van der Waals surface area (Å²) in [6.45, 7) is 2.53. The van der Waals surface area contributed by atoms with E-state index in [2.05, 4.69) is 12.2 Å². The van der Waals surface area contributed by atoms with Crippen molar-refractivity contribution in [3.05, 3.63) is 59.7 Å². The van der Waals surface area contributed by atoms with Crippen LogP contribution in [0.4, 0.5) is 5.69 Å². The van der Waals surface area contributed by atoms with Gasteiger partial charge < -0.3 is 14.8 Å². The van der Waals surface area contributed by atoms with E-state index in [4.69, 9.17) is 9.47 Å². The van der Waals surface area contributed by atoms with Crippen LogP contribution in [0.3, 0.4) is 0 Å². The van der Waals surface area contributed by atoms with Gasteiger partial charge in [0.2, 0.25) is 5.91 Å². The van der Waals surface area contributed by atoms with Crippen LogP contribution >= 0.6 is 0 Å². The molecule has 1 N–H and O–H groups in total. The summed E-state index contributed by atoms with van der Waals surface area (Å²) >= 11 is 0. The number of rotatable bonds is 8. The number of carbonyl (C=O) groups is 2. The van der Waals surface area contributed by atoms with Gasteiger partial charge in [0.05, 0.1) is 5.56 Å². The fourth-order valence-corrected chi connectivity index (χ4v) is 2.55. The maximum Gasteiger partial charge on any atom is 0.338 e. The van der Waals surface area contributed by atoms with Crippen molar-refractivity contribution in [1.82, 2.24) is 0 Å². The summed E-state index contributed by atoms with van der Waals surface area (Å²) in [7, 11) is 0. The number of carbonyl (C=O) groups excluding carboxylic acids is 2. The minimum Gasteiger partial charge on any atom is -0.490 e. The molecule has 5 heteroatoms. The second kappa shape index (κ2) is 8.52. The molecule has 1 aliphatic rings. The Morgan fingerprint density at radius 3 is 2.65 bits per heavy atom. The second-order valence-electron chi connectivity index (χ2n) is 6.33. The number of ether oxygens (including phenoxy) is 2. The Labute approximate surface area is 153 Å². The van der Waals surface area contributed by atoms with E-state index >= 15 is 0 Å². The van der Waals surface area contributed by atoms with Crippen molar-refractivity contribution < 1.29 is 19.1 Å². The molecule has 1 fully saturated rings. The first-order valence-electron chi connectivity index (χ1n) is 8.95. The largest absolute Gasteiger partial charge is 0.490 e. The van der Waals surface area contributed by atoms with E-state index in [0.717, 1.165) is 25.0 Å². The van der Waals surface area contributed by atoms with Gasteiger partial charge in [-0.25, -0.2) is 4.79 Å². The lowest BCUT2D eigenvalue weighted by Crippen LogP contribution is -2.15. The van der Waals surface area contributed by atoms with E-state index in [1.165, 1.54) is 5.56 Å². The molecule has 2 aromatic carbocycles. The number of anilines is 1. The van der Waals surface area contributed by atoms with Crippen molar-refractivity contribution in [2.75, 3.05) is 18.5 Å². The molecule has 26 heavy (non-hydrogen) atoms. The summed E-state index contributed by atoms with van der Waals surface area (Å²) < 4.78 is 10.9. The first-order chi connectivity index (χ1) is 12.7. The minimum absolute atomic E-state index is 0.0122. The summed E-state index contributed by atoms with van der Waals surface area (Å²) in [5, 5.41) is 2.83. The lowest BCUT2D eigenvalue weighted by Gasteiger charge is -2.09. The van der Waals surface area contributed by atoms with Gasteiger partial charge in [0.15, 0.2) is 0 Å². The topological polar surface area (TPSA) is 64.6 Å². The zero-order chi connectivity index (χ0) is 18.4. The zero-order valence-electron chi connectivity index (χ0n) is 14.9. The molecule has 1 aliphatic carbocycles. The van der Waals surface area contributed by atoms with Crippen LogP contribution < -0.4 is 10.1 Å². The number of amides is 1. The standard InChI is InChI=1S/C21H23NO4/c1-2-15-5-3-8-19(13-15)25-11-12-26-21(24)17-6-4-7-18(14-17)22-20(23)16-9-10-16/h3-8,13-14,16H,2,9-12H2,1H3,(H,22,23). The number of hydrogen-bond acceptors (Lipinski definition) is 4. The Morgan fingerprint density at radius 1 is 1.08 bits per heavy atom. The van der Waals surface area contributed by atoms with E-state index < -0.39 is 5.97 Å². The third-order valence-corrected chi connectivity index (χ3v) is 4.21. The van der Waals surface area contributed by atoms with Crippen LogP contribution in [0.1, 0.15) is 35.7 Å². The predicted molar refractivity (Wildman–Crippen MR) is 99.4 cm³/mol. The van der Waals surface area contributed by atoms with Crippen LogP contribution in [0, 0.1) is 5.92 Å². The molecule has 0 atom stereocenters. The van der Waals surface area contributed by atoms with Crippen LogP contribution in [0.25, 0.3) is 0 Å². The van der Waals surface area contributed by atoms with Crippen molar-refractivity contribution in [3.8, 4) is 5.75 Å². The monoisotopic (exact) mass is 353 g/mol. The molecule has 5 nitrogen and oxygen atoms in total. The number of benzene rings is 2. The van der Waals surface area contributed by atoms with Crippen LogP contribution in [-0.4, -0.2) is 25.1 Å². The number of hydrogen-bond donors (Lipinski definition) is 1. The highest BCUT2D eigenvalue weighted by Crippen LogP contribution is 2.30. The van der Waals surface area contributed by atoms with E-state index in [1.54, 1.807) is 24.3 Å². The summed E-state index contributed by atoms with van der Waals surface area (Å²) in [5.41, 5.74) is 2.22. The van der Waals surface area contributed by atoms with Gasteiger partial charge in [-0.1, -0.05) is 25.1 Å². The fourth-order valence-electron chi connectivity index (χ4n) is 2.55. The molecule has 3 rings (SSSR count). The fraction of sp³-hybridized carbons (Fsp3) is 0.333. The van der Waals surface area contributed by atoms with Gasteiger partial charge in [-0.2, -0.15) is 0 Å². The summed E-state index contributed by atoms with van der Waals surface area (Å²) in [5.74, 6) is 0.468. The third-order valence-electron chi connectivity index (χ3n) is 4.21. The Morgan fingerprint density at radius 2 is 1.88 bits per heavy atom. The van der Waals surface area contributed by atoms with Gasteiger partial charge in [-0.05, 0) is 55.2 Å². The van der Waals surface area contributed by atoms with E-state index in [0.29, 0.717) is 11.3 Å². The molecule has 2 aromatic rings. The van der Waals surface area contributed by atoms with Gasteiger partial charge in [0.25, 0.3) is 0 Å². The molecule has 0 spiro atoms. The van der Waals surface area contributed by atoms with Crippen molar-refractivity contribution in [1.29, 1.82) is 0 Å². The van der Waals surface area contributed by atoms with E-state index in [-0.39, 0.29) is 25.0 Å². The Kier molecular flexibility index (Phi) is 5.89. The molecule has 1 amide bonds. The smallest absolute Gasteiger partial charge is 0.338 e. The molecule has 0 aromatic heterocycles. The van der Waals surface area contributed by atoms with Crippen LogP contribution in [-0.2, 0) is 16.0 Å². The van der Waals surface area contributed by atoms with Crippen molar-refractivity contribution in [2.24, 2.45) is 5.92 Å². The van der Waals surface area contributed by atoms with E-state index in [1.807, 2.05) is 24.3 Å². The van der Waals surface area contributed by atoms with E-state index in [9.17, 15) is 9.59 Å². The Hall–Kier alpha value is -2.82. The zero-order valence-corrected chi connectivity index (χ0v) is 14.9. The van der Waals surface area contributed by atoms with Gasteiger partial charge in [-0.3, -0.25) is 4.79 Å². The molecular weight excluding hydrogens is 330 g/mol. The molecule has 0 heterocycles. The highest BCUT2D eigenvalue weighted by atomic mass is 16.6. The van der Waals surface area contributed by atoms with Crippen LogP contribution in [0.15, 0.2) is 48.5 Å². The van der Waals surface area contributed by atoms with Gasteiger partial charge in [-0.15, -0.1) is 0 Å². The molecule has 0 radical (unpaired) electrons. The second-order valence-corrected chi connectivity index (χ2v) is 6.33. The SMILES string of the molecule is CCc1cccc(OCCOC(=O)c2cccc(NC(=O)C3CC3)c2)c1. The molecule has 0 unspecified atom stereocenters. The van der Waals surface area contributed by atoms with Crippen LogP contribution in [0.2, 0.25) is 0 Å².